The molecular weight excluding hydrogens is 426 g/mol. The third kappa shape index (κ3) is 4.77. The van der Waals surface area contributed by atoms with Crippen LogP contribution in [0, 0.1) is 0 Å². The molecule has 2 heterocycles. The van der Waals surface area contributed by atoms with Crippen LogP contribution in [0.4, 0.5) is 10.1 Å². The Morgan fingerprint density at radius 1 is 1.14 bits per heavy atom. The van der Waals surface area contributed by atoms with E-state index < -0.39 is 5.91 Å². The molecule has 0 saturated heterocycles. The maximum absolute atomic E-state index is 12.4. The Balaban J connectivity index is 1.30. The summed E-state index contributed by atoms with van der Waals surface area (Å²) in [6.45, 7) is 0.666. The van der Waals surface area contributed by atoms with Crippen molar-refractivity contribution in [3.8, 4) is 0 Å². The largest absolute Gasteiger partial charge is 0.365 e. The Hall–Kier alpha value is -2.43. The van der Waals surface area contributed by atoms with E-state index in [9.17, 15) is 9.59 Å². The summed E-state index contributed by atoms with van der Waals surface area (Å²) in [5.74, 6) is -0.481. The Kier molecular flexibility index (Phi) is 6.12. The van der Waals surface area contributed by atoms with Crippen LogP contribution in [0.1, 0.15) is 32.8 Å². The number of benzene rings is 1. The fourth-order valence-electron chi connectivity index (χ4n) is 3.16. The van der Waals surface area contributed by atoms with Crippen molar-refractivity contribution in [1.82, 2.24) is 10.2 Å². The van der Waals surface area contributed by atoms with Crippen LogP contribution in [0.2, 0.25) is 0 Å². The number of hydrogen-bond donors (Lipinski definition) is 3. The number of carbonyl (C=O) groups excluding carboxylic acids is 2. The molecule has 29 heavy (non-hydrogen) atoms. The number of hydrogen-bond acceptors (Lipinski definition) is 8. The van der Waals surface area contributed by atoms with Gasteiger partial charge in [-0.2, -0.15) is 0 Å². The van der Waals surface area contributed by atoms with Crippen molar-refractivity contribution in [1.29, 1.82) is 0 Å². The zero-order valence-corrected chi connectivity index (χ0v) is 17.9. The molecule has 7 nitrogen and oxygen atoms in total. The van der Waals surface area contributed by atoms with Crippen LogP contribution in [0.25, 0.3) is 0 Å². The lowest BCUT2D eigenvalue weighted by Gasteiger charge is -2.05. The van der Waals surface area contributed by atoms with E-state index in [1.54, 1.807) is 0 Å². The molecule has 1 aliphatic carbocycles. The predicted molar refractivity (Wildman–Crippen MR) is 118 cm³/mol. The average molecular weight is 446 g/mol. The minimum atomic E-state index is -0.481. The van der Waals surface area contributed by atoms with Crippen molar-refractivity contribution in [3.05, 3.63) is 51.9 Å². The Labute approximate surface area is 180 Å². The zero-order chi connectivity index (χ0) is 20.2. The minimum Gasteiger partial charge on any atom is -0.365 e. The van der Waals surface area contributed by atoms with Gasteiger partial charge < -0.3 is 16.4 Å². The van der Waals surface area contributed by atoms with Gasteiger partial charge in [0.25, 0.3) is 5.91 Å². The molecule has 0 unspecified atom stereocenters. The van der Waals surface area contributed by atoms with Gasteiger partial charge >= 0.3 is 0 Å². The Bertz CT molecular complexity index is 1030. The monoisotopic (exact) mass is 445 g/mol. The van der Waals surface area contributed by atoms with Crippen LogP contribution in [-0.4, -0.2) is 27.8 Å². The SMILES string of the molecule is NC(=O)c1c(NC(=O)CSc2nnc(NCc3ccccc3)s2)sc2c1CCC2. The molecular formula is C19H19N5O2S3. The van der Waals surface area contributed by atoms with Gasteiger partial charge in [-0.05, 0) is 30.4 Å². The van der Waals surface area contributed by atoms with Crippen molar-refractivity contribution in [2.45, 2.75) is 30.1 Å². The molecule has 1 aliphatic rings. The van der Waals surface area contributed by atoms with E-state index >= 15 is 0 Å². The molecule has 10 heteroatoms. The lowest BCUT2D eigenvalue weighted by atomic mass is 10.1. The number of primary amides is 1. The van der Waals surface area contributed by atoms with E-state index in [0.29, 0.717) is 26.6 Å². The number of carbonyl (C=O) groups is 2. The quantitative estimate of drug-likeness (QED) is 0.458. The molecule has 0 spiro atoms. The second-order valence-electron chi connectivity index (χ2n) is 6.47. The number of thioether (sulfide) groups is 1. The van der Waals surface area contributed by atoms with Crippen molar-refractivity contribution in [3.63, 3.8) is 0 Å². The van der Waals surface area contributed by atoms with Crippen molar-refractivity contribution in [2.75, 3.05) is 16.4 Å². The smallest absolute Gasteiger partial charge is 0.251 e. The zero-order valence-electron chi connectivity index (χ0n) is 15.4. The number of aromatic nitrogens is 2. The molecule has 2 amide bonds. The molecule has 3 aromatic rings. The van der Waals surface area contributed by atoms with Gasteiger partial charge in [-0.15, -0.1) is 21.5 Å². The van der Waals surface area contributed by atoms with E-state index in [-0.39, 0.29) is 11.7 Å². The fourth-order valence-corrected chi connectivity index (χ4v) is 6.01. The maximum atomic E-state index is 12.4. The molecule has 0 aliphatic heterocycles. The van der Waals surface area contributed by atoms with E-state index in [0.717, 1.165) is 35.3 Å². The number of nitrogens with two attached hydrogens (primary N) is 1. The first kappa shape index (κ1) is 19.9. The van der Waals surface area contributed by atoms with Crippen LogP contribution in [0.3, 0.4) is 0 Å². The standard InChI is InChI=1S/C19H19N5O2S3/c20-16(26)15-12-7-4-8-13(12)28-17(15)22-14(25)10-27-19-24-23-18(29-19)21-9-11-5-2-1-3-6-11/h1-3,5-6H,4,7-10H2,(H2,20,26)(H,21,23)(H,22,25). The predicted octanol–water partition coefficient (Wildman–Crippen LogP) is 3.53. The molecule has 2 aromatic heterocycles. The first-order valence-electron chi connectivity index (χ1n) is 9.08. The highest BCUT2D eigenvalue weighted by Gasteiger charge is 2.26. The third-order valence-corrected chi connectivity index (χ3v) is 7.66. The Morgan fingerprint density at radius 3 is 2.76 bits per heavy atom. The second kappa shape index (κ2) is 8.93. The summed E-state index contributed by atoms with van der Waals surface area (Å²) < 4.78 is 0.708. The topological polar surface area (TPSA) is 110 Å². The molecule has 0 saturated carbocycles. The summed E-state index contributed by atoms with van der Waals surface area (Å²) >= 11 is 4.18. The molecule has 4 N–H and O–H groups in total. The van der Waals surface area contributed by atoms with Gasteiger partial charge in [-0.25, -0.2) is 0 Å². The summed E-state index contributed by atoms with van der Waals surface area (Å²) in [5.41, 5.74) is 8.17. The van der Waals surface area contributed by atoms with Gasteiger partial charge in [0.05, 0.1) is 11.3 Å². The van der Waals surface area contributed by atoms with Crippen LogP contribution in [0.15, 0.2) is 34.7 Å². The summed E-state index contributed by atoms with van der Waals surface area (Å²) in [5, 5.41) is 15.6. The highest BCUT2D eigenvalue weighted by Crippen LogP contribution is 2.39. The van der Waals surface area contributed by atoms with Gasteiger partial charge in [0.2, 0.25) is 11.0 Å². The number of aryl methyl sites for hydroxylation is 1. The van der Waals surface area contributed by atoms with E-state index in [1.807, 2.05) is 30.3 Å². The normalized spacial score (nSPS) is 12.6. The van der Waals surface area contributed by atoms with Crippen molar-refractivity contribution in [2.24, 2.45) is 5.73 Å². The van der Waals surface area contributed by atoms with Gasteiger partial charge in [0, 0.05) is 11.4 Å². The van der Waals surface area contributed by atoms with Crippen LogP contribution < -0.4 is 16.4 Å². The molecule has 150 valence electrons. The van der Waals surface area contributed by atoms with Crippen LogP contribution in [0.5, 0.6) is 0 Å². The number of rotatable bonds is 8. The number of nitrogens with one attached hydrogen (secondary N) is 2. The third-order valence-electron chi connectivity index (χ3n) is 4.44. The molecule has 1 aromatic carbocycles. The molecule has 4 rings (SSSR count). The first-order chi connectivity index (χ1) is 14.1. The first-order valence-corrected chi connectivity index (χ1v) is 11.7. The van der Waals surface area contributed by atoms with Crippen molar-refractivity contribution < 1.29 is 9.59 Å². The van der Waals surface area contributed by atoms with Gasteiger partial charge in [0.1, 0.15) is 5.00 Å². The molecule has 0 bridgehead atoms. The lowest BCUT2D eigenvalue weighted by Crippen LogP contribution is -2.18. The summed E-state index contributed by atoms with van der Waals surface area (Å²) in [6.07, 6.45) is 2.82. The molecule has 0 fully saturated rings. The second-order valence-corrected chi connectivity index (χ2v) is 9.78. The van der Waals surface area contributed by atoms with Crippen LogP contribution >= 0.6 is 34.4 Å². The number of anilines is 2. The van der Waals surface area contributed by atoms with Gasteiger partial charge in [-0.1, -0.05) is 53.4 Å². The van der Waals surface area contributed by atoms with E-state index in [4.69, 9.17) is 5.73 Å². The number of nitrogens with zero attached hydrogens (tertiary/aromatic N) is 2. The Morgan fingerprint density at radius 2 is 1.97 bits per heavy atom. The number of thiophene rings is 1. The van der Waals surface area contributed by atoms with E-state index in [2.05, 4.69) is 20.8 Å². The summed E-state index contributed by atoms with van der Waals surface area (Å²) in [4.78, 5) is 25.3. The lowest BCUT2D eigenvalue weighted by molar-refractivity contribution is -0.113. The van der Waals surface area contributed by atoms with Crippen molar-refractivity contribution >= 4 is 56.4 Å². The summed E-state index contributed by atoms with van der Waals surface area (Å²) in [7, 11) is 0. The number of fused-ring (bicyclic) bond motifs is 1. The van der Waals surface area contributed by atoms with E-state index in [1.165, 1.54) is 34.4 Å². The maximum Gasteiger partial charge on any atom is 0.251 e. The highest BCUT2D eigenvalue weighted by molar-refractivity contribution is 8.01. The van der Waals surface area contributed by atoms with Gasteiger partial charge in [0.15, 0.2) is 4.34 Å². The summed E-state index contributed by atoms with van der Waals surface area (Å²) in [6, 6.07) is 10.0. The highest BCUT2D eigenvalue weighted by atomic mass is 32.2. The molecule has 0 radical (unpaired) electrons. The average Bonchev–Trinajstić information content (AvgIpc) is 3.41. The van der Waals surface area contributed by atoms with Crippen LogP contribution in [-0.2, 0) is 24.2 Å². The molecule has 0 atom stereocenters. The fraction of sp³-hybridized carbons (Fsp3) is 0.263. The number of amides is 2. The van der Waals surface area contributed by atoms with Gasteiger partial charge in [-0.3, -0.25) is 9.59 Å². The minimum absolute atomic E-state index is 0.189.